The summed E-state index contributed by atoms with van der Waals surface area (Å²) in [5.41, 5.74) is 0.626. The number of ether oxygens (including phenoxy) is 1. The Balaban J connectivity index is 1.33. The zero-order valence-electron chi connectivity index (χ0n) is 12.0. The quantitative estimate of drug-likeness (QED) is 0.870. The van der Waals surface area contributed by atoms with Crippen LogP contribution >= 0.6 is 11.8 Å². The van der Waals surface area contributed by atoms with Crippen molar-refractivity contribution in [2.75, 3.05) is 18.8 Å². The number of amides is 1. The summed E-state index contributed by atoms with van der Waals surface area (Å²) >= 11 is 1.91. The van der Waals surface area contributed by atoms with Gasteiger partial charge in [0, 0.05) is 31.5 Å². The molecule has 2 saturated heterocycles. The van der Waals surface area contributed by atoms with E-state index in [2.05, 4.69) is 4.98 Å². The Morgan fingerprint density at radius 2 is 2.36 bits per heavy atom. The highest BCUT2D eigenvalue weighted by atomic mass is 32.2. The van der Waals surface area contributed by atoms with Crippen LogP contribution in [0.4, 0.5) is 0 Å². The molecule has 0 bridgehead atoms. The summed E-state index contributed by atoms with van der Waals surface area (Å²) in [6.07, 6.45) is 7.69. The van der Waals surface area contributed by atoms with E-state index in [4.69, 9.17) is 9.15 Å². The zero-order valence-corrected chi connectivity index (χ0v) is 12.8. The summed E-state index contributed by atoms with van der Waals surface area (Å²) in [5.74, 6) is 1.83. The van der Waals surface area contributed by atoms with Crippen molar-refractivity contribution >= 4 is 17.7 Å². The molecule has 2 fully saturated rings. The van der Waals surface area contributed by atoms with Crippen molar-refractivity contribution in [3.63, 3.8) is 0 Å². The van der Waals surface area contributed by atoms with Crippen molar-refractivity contribution in [1.29, 1.82) is 0 Å². The zero-order chi connectivity index (χ0) is 15.0. The number of thioether (sulfide) groups is 1. The lowest BCUT2D eigenvalue weighted by molar-refractivity contribution is 0.0517. The van der Waals surface area contributed by atoms with E-state index >= 15 is 0 Å². The Hall–Kier alpha value is -1.95. The molecule has 0 aromatic carbocycles. The van der Waals surface area contributed by atoms with Gasteiger partial charge in [-0.3, -0.25) is 9.78 Å². The Morgan fingerprint density at radius 3 is 3.09 bits per heavy atom. The van der Waals surface area contributed by atoms with Crippen LogP contribution in [0.2, 0.25) is 0 Å². The second-order valence-corrected chi connectivity index (χ2v) is 7.29. The van der Waals surface area contributed by atoms with Gasteiger partial charge in [-0.15, -0.1) is 11.8 Å². The van der Waals surface area contributed by atoms with Crippen LogP contribution in [-0.2, 0) is 0 Å². The monoisotopic (exact) mass is 316 g/mol. The summed E-state index contributed by atoms with van der Waals surface area (Å²) in [4.78, 5) is 18.2. The molecule has 5 nitrogen and oxygen atoms in total. The number of carbonyl (C=O) groups excluding carboxylic acids is 1. The van der Waals surface area contributed by atoms with Crippen LogP contribution in [0.5, 0.6) is 5.75 Å². The van der Waals surface area contributed by atoms with Gasteiger partial charge in [0.15, 0.2) is 0 Å². The molecule has 4 heterocycles. The molecule has 4 rings (SSSR count). The van der Waals surface area contributed by atoms with Crippen LogP contribution in [-0.4, -0.2) is 45.5 Å². The number of likely N-dealkylation sites (tertiary alicyclic amines) is 1. The molecule has 0 radical (unpaired) electrons. The highest BCUT2D eigenvalue weighted by molar-refractivity contribution is 8.01. The van der Waals surface area contributed by atoms with Crippen LogP contribution in [0.15, 0.2) is 47.5 Å². The molecule has 6 heteroatoms. The van der Waals surface area contributed by atoms with E-state index in [-0.39, 0.29) is 16.8 Å². The van der Waals surface area contributed by atoms with Crippen LogP contribution in [0, 0.1) is 0 Å². The maximum atomic E-state index is 12.2. The number of rotatable bonds is 3. The normalized spacial score (nSPS) is 22.5. The first kappa shape index (κ1) is 13.7. The van der Waals surface area contributed by atoms with Gasteiger partial charge in [-0.25, -0.2) is 0 Å². The SMILES string of the molecule is O=C(c1ccoc1)N1CC2(CC(Oc3cccnc3)CS2)C1. The van der Waals surface area contributed by atoms with Crippen molar-refractivity contribution in [2.45, 2.75) is 17.3 Å². The number of furan rings is 1. The third-order valence-corrected chi connectivity index (χ3v) is 5.70. The van der Waals surface area contributed by atoms with Crippen LogP contribution in [0.1, 0.15) is 16.8 Å². The van der Waals surface area contributed by atoms with Crippen molar-refractivity contribution in [1.82, 2.24) is 9.88 Å². The minimum Gasteiger partial charge on any atom is -0.488 e. The average Bonchev–Trinajstić information content (AvgIpc) is 3.16. The standard InChI is InChI=1S/C16H16N2O3S/c19-15(12-3-5-20-8-12)18-10-16(11-18)6-14(9-22-16)21-13-2-1-4-17-7-13/h1-5,7-8,14H,6,9-11H2. The fourth-order valence-corrected chi connectivity index (χ4v) is 4.59. The highest BCUT2D eigenvalue weighted by Crippen LogP contribution is 2.46. The molecule has 1 amide bonds. The lowest BCUT2D eigenvalue weighted by atomic mass is 9.92. The molecule has 2 aromatic rings. The number of carbonyl (C=O) groups is 1. The summed E-state index contributed by atoms with van der Waals surface area (Å²) in [6, 6.07) is 5.52. The minimum atomic E-state index is 0.0524. The number of hydrogen-bond acceptors (Lipinski definition) is 5. The van der Waals surface area contributed by atoms with Gasteiger partial charge in [-0.1, -0.05) is 0 Å². The van der Waals surface area contributed by atoms with Crippen molar-refractivity contribution < 1.29 is 13.9 Å². The molecule has 114 valence electrons. The topological polar surface area (TPSA) is 55.6 Å². The van der Waals surface area contributed by atoms with Gasteiger partial charge in [0.25, 0.3) is 5.91 Å². The summed E-state index contributed by atoms with van der Waals surface area (Å²) < 4.78 is 11.1. The third kappa shape index (κ3) is 2.47. The molecule has 1 unspecified atom stereocenters. The lowest BCUT2D eigenvalue weighted by Gasteiger charge is -2.47. The predicted molar refractivity (Wildman–Crippen MR) is 83.1 cm³/mol. The van der Waals surface area contributed by atoms with Crippen molar-refractivity contribution in [3.8, 4) is 5.75 Å². The smallest absolute Gasteiger partial charge is 0.257 e. The third-order valence-electron chi connectivity index (χ3n) is 4.13. The molecule has 0 N–H and O–H groups in total. The van der Waals surface area contributed by atoms with E-state index < -0.39 is 0 Å². The molecule has 0 saturated carbocycles. The number of pyridine rings is 1. The molecule has 2 aliphatic rings. The van der Waals surface area contributed by atoms with Crippen LogP contribution in [0.25, 0.3) is 0 Å². The van der Waals surface area contributed by atoms with E-state index in [0.29, 0.717) is 5.56 Å². The summed E-state index contributed by atoms with van der Waals surface area (Å²) in [7, 11) is 0. The maximum Gasteiger partial charge on any atom is 0.257 e. The first-order chi connectivity index (χ1) is 10.7. The molecule has 2 aromatic heterocycles. The Bertz CT molecular complexity index is 653. The minimum absolute atomic E-state index is 0.0524. The van der Waals surface area contributed by atoms with Crippen LogP contribution in [0.3, 0.4) is 0 Å². The van der Waals surface area contributed by atoms with E-state index in [0.717, 1.165) is 31.0 Å². The Morgan fingerprint density at radius 1 is 1.45 bits per heavy atom. The van der Waals surface area contributed by atoms with Crippen molar-refractivity contribution in [2.24, 2.45) is 0 Å². The molecular formula is C16H16N2O3S. The maximum absolute atomic E-state index is 12.2. The number of hydrogen-bond donors (Lipinski definition) is 0. The largest absolute Gasteiger partial charge is 0.488 e. The van der Waals surface area contributed by atoms with Gasteiger partial charge in [0.2, 0.25) is 0 Å². The Kier molecular flexibility index (Phi) is 3.33. The van der Waals surface area contributed by atoms with Crippen LogP contribution < -0.4 is 4.74 Å². The van der Waals surface area contributed by atoms with Gasteiger partial charge in [-0.2, -0.15) is 0 Å². The second kappa shape index (κ2) is 5.35. The fourth-order valence-electron chi connectivity index (χ4n) is 3.07. The lowest BCUT2D eigenvalue weighted by Crippen LogP contribution is -2.60. The first-order valence-electron chi connectivity index (χ1n) is 7.26. The van der Waals surface area contributed by atoms with Gasteiger partial charge < -0.3 is 14.1 Å². The number of aromatic nitrogens is 1. The molecule has 1 atom stereocenters. The fraction of sp³-hybridized carbons (Fsp3) is 0.375. The molecule has 2 aliphatic heterocycles. The second-order valence-electron chi connectivity index (χ2n) is 5.80. The molecule has 1 spiro atoms. The molecule has 0 aliphatic carbocycles. The molecule has 22 heavy (non-hydrogen) atoms. The summed E-state index contributed by atoms with van der Waals surface area (Å²) in [6.45, 7) is 1.57. The van der Waals surface area contributed by atoms with Crippen molar-refractivity contribution in [3.05, 3.63) is 48.7 Å². The van der Waals surface area contributed by atoms with Gasteiger partial charge in [0.1, 0.15) is 18.1 Å². The number of nitrogens with zero attached hydrogens (tertiary/aromatic N) is 2. The van der Waals surface area contributed by atoms with Gasteiger partial charge in [-0.05, 0) is 18.2 Å². The summed E-state index contributed by atoms with van der Waals surface area (Å²) in [5, 5.41) is 0. The predicted octanol–water partition coefficient (Wildman–Crippen LogP) is 2.45. The van der Waals surface area contributed by atoms with E-state index in [9.17, 15) is 4.79 Å². The molecular weight excluding hydrogens is 300 g/mol. The van der Waals surface area contributed by atoms with Gasteiger partial charge in [0.05, 0.1) is 22.8 Å². The van der Waals surface area contributed by atoms with E-state index in [1.54, 1.807) is 18.5 Å². The highest BCUT2D eigenvalue weighted by Gasteiger charge is 2.51. The van der Waals surface area contributed by atoms with E-state index in [1.807, 2.05) is 28.8 Å². The van der Waals surface area contributed by atoms with Gasteiger partial charge >= 0.3 is 0 Å². The first-order valence-corrected chi connectivity index (χ1v) is 8.25. The van der Waals surface area contributed by atoms with E-state index in [1.165, 1.54) is 12.5 Å². The average molecular weight is 316 g/mol. The Labute approximate surface area is 132 Å².